The molecule has 6 nitrogen and oxygen atoms in total. The van der Waals surface area contributed by atoms with E-state index in [-0.39, 0.29) is 17.3 Å². The molecular weight excluding hydrogens is 424 g/mol. The van der Waals surface area contributed by atoms with E-state index in [1.807, 2.05) is 37.3 Å². The number of benzene rings is 3. The van der Waals surface area contributed by atoms with Gasteiger partial charge in [0, 0.05) is 13.1 Å². The Labute approximate surface area is 190 Å². The molecule has 0 N–H and O–H groups in total. The van der Waals surface area contributed by atoms with E-state index in [9.17, 15) is 13.2 Å². The van der Waals surface area contributed by atoms with Gasteiger partial charge in [-0.25, -0.2) is 8.42 Å². The minimum atomic E-state index is -4.02. The van der Waals surface area contributed by atoms with Gasteiger partial charge in [-0.3, -0.25) is 9.10 Å². The predicted molar refractivity (Wildman–Crippen MR) is 126 cm³/mol. The normalized spacial score (nSPS) is 11.1. The lowest BCUT2D eigenvalue weighted by Crippen LogP contribution is -2.43. The molecule has 32 heavy (non-hydrogen) atoms. The number of ether oxygens (including phenoxy) is 1. The molecule has 0 atom stereocenters. The van der Waals surface area contributed by atoms with Crippen molar-refractivity contribution in [1.29, 1.82) is 0 Å². The van der Waals surface area contributed by atoms with Crippen LogP contribution in [-0.2, 0) is 21.4 Å². The number of hydrogen-bond acceptors (Lipinski definition) is 4. The quantitative estimate of drug-likeness (QED) is 0.487. The van der Waals surface area contributed by atoms with Crippen molar-refractivity contribution in [3.05, 3.63) is 90.0 Å². The summed E-state index contributed by atoms with van der Waals surface area (Å²) in [5.41, 5.74) is 1.91. The Morgan fingerprint density at radius 2 is 1.53 bits per heavy atom. The maximum absolute atomic E-state index is 13.7. The standard InChI is InChI=1S/C25H28N2O4S/c1-4-26(18-21-13-6-5-7-14-21)25(28)19-27(22-15-9-10-16-23(22)31-3)32(29,30)24-17-11-8-12-20(24)2/h5-17H,4,18-19H2,1-3H3. The number of aryl methyl sites for hydroxylation is 1. The van der Waals surface area contributed by atoms with Crippen LogP contribution in [0.3, 0.4) is 0 Å². The van der Waals surface area contributed by atoms with Crippen LogP contribution in [0.1, 0.15) is 18.1 Å². The molecule has 0 radical (unpaired) electrons. The van der Waals surface area contributed by atoms with Crippen molar-refractivity contribution in [2.45, 2.75) is 25.3 Å². The Morgan fingerprint density at radius 3 is 2.19 bits per heavy atom. The second-order valence-corrected chi connectivity index (χ2v) is 9.17. The molecule has 0 saturated heterocycles. The first-order chi connectivity index (χ1) is 15.4. The Bertz CT molecular complexity index is 1160. The van der Waals surface area contributed by atoms with Crippen LogP contribution in [-0.4, -0.2) is 39.4 Å². The van der Waals surface area contributed by atoms with Crippen LogP contribution < -0.4 is 9.04 Å². The maximum Gasteiger partial charge on any atom is 0.265 e. The van der Waals surface area contributed by atoms with E-state index >= 15 is 0 Å². The Kier molecular flexibility index (Phi) is 7.53. The summed E-state index contributed by atoms with van der Waals surface area (Å²) < 4.78 is 34.0. The van der Waals surface area contributed by atoms with Crippen LogP contribution in [0.15, 0.2) is 83.8 Å². The van der Waals surface area contributed by atoms with E-state index in [1.165, 1.54) is 7.11 Å². The number of likely N-dealkylation sites (N-methyl/N-ethyl adjacent to an activating group) is 1. The third-order valence-corrected chi connectivity index (χ3v) is 7.16. The smallest absolute Gasteiger partial charge is 0.265 e. The Hall–Kier alpha value is -3.32. The SMILES string of the molecule is CCN(Cc1ccccc1)C(=O)CN(c1ccccc1OC)S(=O)(=O)c1ccccc1C. The lowest BCUT2D eigenvalue weighted by molar-refractivity contribution is -0.129. The summed E-state index contributed by atoms with van der Waals surface area (Å²) in [7, 11) is -2.54. The molecule has 0 unspecified atom stereocenters. The van der Waals surface area contributed by atoms with Gasteiger partial charge in [0.25, 0.3) is 10.0 Å². The van der Waals surface area contributed by atoms with E-state index in [0.29, 0.717) is 30.1 Å². The number of hydrogen-bond donors (Lipinski definition) is 0. The number of methoxy groups -OCH3 is 1. The first-order valence-electron chi connectivity index (χ1n) is 10.4. The molecule has 3 rings (SSSR count). The maximum atomic E-state index is 13.7. The number of amides is 1. The molecule has 0 aliphatic heterocycles. The van der Waals surface area contributed by atoms with Crippen molar-refractivity contribution < 1.29 is 17.9 Å². The summed E-state index contributed by atoms with van der Waals surface area (Å²) >= 11 is 0. The fourth-order valence-corrected chi connectivity index (χ4v) is 5.16. The molecule has 0 bridgehead atoms. The predicted octanol–water partition coefficient (Wildman–Crippen LogP) is 4.25. The van der Waals surface area contributed by atoms with Gasteiger partial charge in [-0.1, -0.05) is 60.7 Å². The summed E-state index contributed by atoms with van der Waals surface area (Å²) in [5, 5.41) is 0. The fourth-order valence-electron chi connectivity index (χ4n) is 3.50. The summed E-state index contributed by atoms with van der Waals surface area (Å²) in [5.74, 6) is 0.0861. The highest BCUT2D eigenvalue weighted by Crippen LogP contribution is 2.33. The highest BCUT2D eigenvalue weighted by atomic mass is 32.2. The van der Waals surface area contributed by atoms with Crippen LogP contribution in [0.5, 0.6) is 5.75 Å². The molecule has 168 valence electrons. The lowest BCUT2D eigenvalue weighted by Gasteiger charge is -2.29. The van der Waals surface area contributed by atoms with E-state index in [0.717, 1.165) is 9.87 Å². The van der Waals surface area contributed by atoms with Crippen LogP contribution >= 0.6 is 0 Å². The molecule has 1 amide bonds. The number of carbonyl (C=O) groups is 1. The van der Waals surface area contributed by atoms with Gasteiger partial charge >= 0.3 is 0 Å². The average Bonchev–Trinajstić information content (AvgIpc) is 2.81. The van der Waals surface area contributed by atoms with Gasteiger partial charge in [-0.2, -0.15) is 0 Å². The van der Waals surface area contributed by atoms with Gasteiger partial charge in [0.2, 0.25) is 5.91 Å². The summed E-state index contributed by atoms with van der Waals surface area (Å²) in [6, 6.07) is 23.2. The van der Waals surface area contributed by atoms with Crippen molar-refractivity contribution in [2.24, 2.45) is 0 Å². The average molecular weight is 453 g/mol. The first-order valence-corrected chi connectivity index (χ1v) is 11.9. The zero-order valence-corrected chi connectivity index (χ0v) is 19.4. The highest BCUT2D eigenvalue weighted by Gasteiger charge is 2.31. The van der Waals surface area contributed by atoms with Gasteiger partial charge in [-0.05, 0) is 43.2 Å². The van der Waals surface area contributed by atoms with E-state index in [4.69, 9.17) is 4.74 Å². The van der Waals surface area contributed by atoms with Gasteiger partial charge in [0.15, 0.2) is 0 Å². The van der Waals surface area contributed by atoms with Gasteiger partial charge in [0.05, 0.1) is 17.7 Å². The highest BCUT2D eigenvalue weighted by molar-refractivity contribution is 7.93. The zero-order valence-electron chi connectivity index (χ0n) is 18.6. The van der Waals surface area contributed by atoms with Gasteiger partial charge < -0.3 is 9.64 Å². The molecular formula is C25H28N2O4S. The molecule has 0 heterocycles. The lowest BCUT2D eigenvalue weighted by atomic mass is 10.2. The topological polar surface area (TPSA) is 66.9 Å². The van der Waals surface area contributed by atoms with Crippen molar-refractivity contribution in [2.75, 3.05) is 24.5 Å². The van der Waals surface area contributed by atoms with Crippen molar-refractivity contribution in [3.8, 4) is 5.75 Å². The van der Waals surface area contributed by atoms with Crippen LogP contribution in [0.4, 0.5) is 5.69 Å². The van der Waals surface area contributed by atoms with Crippen LogP contribution in [0, 0.1) is 6.92 Å². The van der Waals surface area contributed by atoms with E-state index in [2.05, 4.69) is 0 Å². The molecule has 0 aliphatic rings. The minimum Gasteiger partial charge on any atom is -0.495 e. The summed E-state index contributed by atoms with van der Waals surface area (Å²) in [6.07, 6.45) is 0. The zero-order chi connectivity index (χ0) is 23.1. The van der Waals surface area contributed by atoms with Gasteiger partial charge in [0.1, 0.15) is 12.3 Å². The molecule has 0 saturated carbocycles. The molecule has 0 fully saturated rings. The van der Waals surface area contributed by atoms with Crippen LogP contribution in [0.25, 0.3) is 0 Å². The van der Waals surface area contributed by atoms with Crippen LogP contribution in [0.2, 0.25) is 0 Å². The second kappa shape index (κ2) is 10.3. The molecule has 3 aromatic rings. The molecule has 3 aromatic carbocycles. The molecule has 7 heteroatoms. The van der Waals surface area contributed by atoms with E-state index < -0.39 is 10.0 Å². The summed E-state index contributed by atoms with van der Waals surface area (Å²) in [6.45, 7) is 4.14. The fraction of sp³-hybridized carbons (Fsp3) is 0.240. The second-order valence-electron chi connectivity index (χ2n) is 7.34. The first kappa shape index (κ1) is 23.3. The van der Waals surface area contributed by atoms with Gasteiger partial charge in [-0.15, -0.1) is 0 Å². The number of carbonyl (C=O) groups excluding carboxylic acids is 1. The Morgan fingerprint density at radius 1 is 0.906 bits per heavy atom. The third kappa shape index (κ3) is 5.11. The molecule has 0 aliphatic carbocycles. The molecule has 0 aromatic heterocycles. The third-order valence-electron chi connectivity index (χ3n) is 5.25. The minimum absolute atomic E-state index is 0.157. The largest absolute Gasteiger partial charge is 0.495 e. The monoisotopic (exact) mass is 452 g/mol. The number of para-hydroxylation sites is 2. The van der Waals surface area contributed by atoms with Crippen molar-refractivity contribution >= 4 is 21.6 Å². The number of nitrogens with zero attached hydrogens (tertiary/aromatic N) is 2. The summed E-state index contributed by atoms with van der Waals surface area (Å²) in [4.78, 5) is 15.1. The van der Waals surface area contributed by atoms with Crippen molar-refractivity contribution in [3.63, 3.8) is 0 Å². The molecule has 0 spiro atoms. The number of anilines is 1. The Balaban J connectivity index is 2.01. The van der Waals surface area contributed by atoms with E-state index in [1.54, 1.807) is 60.4 Å². The van der Waals surface area contributed by atoms with Crippen molar-refractivity contribution in [1.82, 2.24) is 4.90 Å². The number of rotatable bonds is 9. The number of sulfonamides is 1.